The Bertz CT molecular complexity index is 1160. The number of amides is 1. The number of fused-ring (bicyclic) bond motifs is 1. The van der Waals surface area contributed by atoms with Gasteiger partial charge in [-0.05, 0) is 30.3 Å². The second-order valence-corrected chi connectivity index (χ2v) is 14.7. The lowest BCUT2D eigenvalue weighted by Gasteiger charge is -2.40. The van der Waals surface area contributed by atoms with Crippen LogP contribution in [0.3, 0.4) is 0 Å². The zero-order valence-corrected chi connectivity index (χ0v) is 21.0. The third-order valence-electron chi connectivity index (χ3n) is 6.64. The summed E-state index contributed by atoms with van der Waals surface area (Å²) in [4.78, 5) is 21.2. The van der Waals surface area contributed by atoms with E-state index in [4.69, 9.17) is 9.16 Å². The van der Waals surface area contributed by atoms with Gasteiger partial charge in [0.15, 0.2) is 19.8 Å². The summed E-state index contributed by atoms with van der Waals surface area (Å²) in [6, 6.07) is 8.80. The maximum absolute atomic E-state index is 12.6. The van der Waals surface area contributed by atoms with Gasteiger partial charge in [-0.2, -0.15) is 5.10 Å². The molecule has 4 rings (SSSR count). The number of aromatic nitrogens is 4. The highest BCUT2D eigenvalue weighted by atomic mass is 28.4. The molecule has 1 amide bonds. The first-order valence-corrected chi connectivity index (χ1v) is 14.1. The highest BCUT2D eigenvalue weighted by Gasteiger charge is 2.50. The minimum absolute atomic E-state index is 0.0922. The monoisotopic (exact) mass is 485 g/mol. The molecule has 0 saturated carbocycles. The fraction of sp³-hybridized carbons (Fsp3) is 0.478. The molecular weight excluding hydrogens is 454 g/mol. The Labute approximate surface area is 199 Å². The molecule has 1 aliphatic rings. The van der Waals surface area contributed by atoms with Crippen molar-refractivity contribution in [3.63, 3.8) is 0 Å². The first kappa shape index (κ1) is 24.4. The van der Waals surface area contributed by atoms with E-state index < -0.39 is 32.7 Å². The van der Waals surface area contributed by atoms with Gasteiger partial charge in [0, 0.05) is 5.56 Å². The smallest absolute Gasteiger partial charge is 0.256 e. The van der Waals surface area contributed by atoms with Gasteiger partial charge in [-0.15, -0.1) is 0 Å². The number of carbonyl (C=O) groups excluding carboxylic acids is 1. The molecule has 1 saturated heterocycles. The number of aliphatic hydroxyl groups is 2. The molecule has 0 spiro atoms. The fourth-order valence-electron chi connectivity index (χ4n) is 3.66. The maximum atomic E-state index is 12.6. The molecule has 3 aromatic rings. The number of imidazole rings is 1. The fourth-order valence-corrected chi connectivity index (χ4v) is 4.96. The number of ether oxygens (including phenoxy) is 1. The van der Waals surface area contributed by atoms with Gasteiger partial charge in [0.2, 0.25) is 0 Å². The van der Waals surface area contributed by atoms with Gasteiger partial charge in [0.25, 0.3) is 5.91 Å². The normalized spacial score (nSPS) is 23.4. The number of nitrogens with one attached hydrogen (secondary N) is 1. The van der Waals surface area contributed by atoms with Crippen LogP contribution in [0, 0.1) is 0 Å². The minimum atomic E-state index is -2.29. The van der Waals surface area contributed by atoms with Crippen molar-refractivity contribution < 1.29 is 24.2 Å². The number of benzene rings is 1. The van der Waals surface area contributed by atoms with Gasteiger partial charge < -0.3 is 24.7 Å². The average Bonchev–Trinajstić information content (AvgIpc) is 3.35. The predicted molar refractivity (Wildman–Crippen MR) is 128 cm³/mol. The lowest BCUT2D eigenvalue weighted by Crippen LogP contribution is -2.48. The average molecular weight is 486 g/mol. The van der Waals surface area contributed by atoms with Gasteiger partial charge in [-0.1, -0.05) is 39.0 Å². The second kappa shape index (κ2) is 9.15. The number of hydrogen-bond acceptors (Lipinski definition) is 8. The van der Waals surface area contributed by atoms with E-state index in [0.717, 1.165) is 0 Å². The minimum Gasteiger partial charge on any atom is -0.408 e. The van der Waals surface area contributed by atoms with E-state index in [1.54, 1.807) is 30.5 Å². The van der Waals surface area contributed by atoms with Crippen molar-refractivity contribution in [1.29, 1.82) is 0 Å². The van der Waals surface area contributed by atoms with E-state index >= 15 is 0 Å². The second-order valence-electron chi connectivity index (χ2n) is 9.96. The van der Waals surface area contributed by atoms with Gasteiger partial charge >= 0.3 is 0 Å². The number of hydrogen-bond donors (Lipinski definition) is 3. The summed E-state index contributed by atoms with van der Waals surface area (Å²) < 4.78 is 14.1. The van der Waals surface area contributed by atoms with Crippen molar-refractivity contribution in [1.82, 2.24) is 19.6 Å². The first-order chi connectivity index (χ1) is 16.0. The Balaban J connectivity index is 1.68. The third kappa shape index (κ3) is 4.49. The van der Waals surface area contributed by atoms with Crippen LogP contribution < -0.4 is 5.32 Å². The van der Waals surface area contributed by atoms with Crippen molar-refractivity contribution >= 4 is 25.7 Å². The van der Waals surface area contributed by atoms with Crippen molar-refractivity contribution in [3.8, 4) is 0 Å². The molecule has 3 N–H and O–H groups in total. The summed E-state index contributed by atoms with van der Waals surface area (Å²) in [5, 5.41) is 27.7. The molecule has 2 aromatic heterocycles. The van der Waals surface area contributed by atoms with Crippen molar-refractivity contribution in [3.05, 3.63) is 54.1 Å². The van der Waals surface area contributed by atoms with Gasteiger partial charge in [-0.25, -0.2) is 14.5 Å². The highest BCUT2D eigenvalue weighted by Crippen LogP contribution is 2.43. The summed E-state index contributed by atoms with van der Waals surface area (Å²) >= 11 is 0. The molecule has 1 aliphatic heterocycles. The van der Waals surface area contributed by atoms with Crippen molar-refractivity contribution in [2.24, 2.45) is 0 Å². The van der Waals surface area contributed by atoms with Crippen molar-refractivity contribution in [2.75, 3.05) is 11.9 Å². The van der Waals surface area contributed by atoms with Crippen LogP contribution in [0.1, 0.15) is 42.9 Å². The van der Waals surface area contributed by atoms with Gasteiger partial charge in [-0.3, -0.25) is 4.79 Å². The van der Waals surface area contributed by atoms with Crippen LogP contribution in [0.15, 0.2) is 42.9 Å². The van der Waals surface area contributed by atoms with Crippen LogP contribution >= 0.6 is 0 Å². The third-order valence-corrected chi connectivity index (χ3v) is 11.1. The molecule has 1 unspecified atom stereocenters. The van der Waals surface area contributed by atoms with Crippen molar-refractivity contribution in [2.45, 2.75) is 63.3 Å². The standard InChI is InChI=1S/C23H31N5O5Si/c1-23(2,3)34(4,5)33-19-17(30)16(12-29)32-18(19)15-11-24-21-20(25-13-26-28(15)21)27-22(31)14-9-7-6-8-10-14/h6-11,13,16-19,29-30H,12H2,1-5H3,(H,25,26,27,31)/t16-,17+,18+,19?/m1/s1. The Kier molecular flexibility index (Phi) is 6.58. The Hall–Kier alpha value is -2.70. The molecule has 0 radical (unpaired) electrons. The number of carbonyl (C=O) groups is 1. The quantitative estimate of drug-likeness (QED) is 0.454. The summed E-state index contributed by atoms with van der Waals surface area (Å²) in [5.74, 6) is -0.0769. The Morgan fingerprint density at radius 3 is 2.59 bits per heavy atom. The molecule has 182 valence electrons. The Morgan fingerprint density at radius 2 is 1.94 bits per heavy atom. The van der Waals surface area contributed by atoms with E-state index in [1.165, 1.54) is 10.8 Å². The van der Waals surface area contributed by atoms with Crippen LogP contribution in [-0.4, -0.2) is 68.9 Å². The topological polar surface area (TPSA) is 131 Å². The van der Waals surface area contributed by atoms with Crippen LogP contribution in [0.2, 0.25) is 18.1 Å². The molecule has 1 aromatic carbocycles. The molecule has 0 aliphatic carbocycles. The molecule has 1 fully saturated rings. The predicted octanol–water partition coefficient (Wildman–Crippen LogP) is 2.56. The van der Waals surface area contributed by atoms with Crippen LogP contribution in [-0.2, 0) is 9.16 Å². The molecular formula is C23H31N5O5Si. The molecule has 11 heteroatoms. The van der Waals surface area contributed by atoms with E-state index in [-0.39, 0.29) is 23.4 Å². The number of nitrogens with zero attached hydrogens (tertiary/aromatic N) is 4. The number of aliphatic hydroxyl groups excluding tert-OH is 2. The van der Waals surface area contributed by atoms with E-state index in [9.17, 15) is 15.0 Å². The van der Waals surface area contributed by atoms with E-state index in [0.29, 0.717) is 16.9 Å². The maximum Gasteiger partial charge on any atom is 0.256 e. The lowest BCUT2D eigenvalue weighted by atomic mass is 10.1. The molecule has 3 heterocycles. The molecule has 4 atom stereocenters. The molecule has 10 nitrogen and oxygen atoms in total. The Morgan fingerprint density at radius 1 is 1.24 bits per heavy atom. The summed E-state index contributed by atoms with van der Waals surface area (Å²) in [7, 11) is -2.29. The molecule has 0 bridgehead atoms. The van der Waals surface area contributed by atoms with Crippen LogP contribution in [0.25, 0.3) is 5.65 Å². The van der Waals surface area contributed by atoms with Gasteiger partial charge in [0.05, 0.1) is 18.5 Å². The summed E-state index contributed by atoms with van der Waals surface area (Å²) in [6.07, 6.45) is -0.365. The molecule has 34 heavy (non-hydrogen) atoms. The number of anilines is 1. The highest BCUT2D eigenvalue weighted by molar-refractivity contribution is 6.74. The van der Waals surface area contributed by atoms with Crippen LogP contribution in [0.5, 0.6) is 0 Å². The zero-order chi connectivity index (χ0) is 24.7. The lowest BCUT2D eigenvalue weighted by molar-refractivity contribution is -0.0243. The summed E-state index contributed by atoms with van der Waals surface area (Å²) in [5.41, 5.74) is 1.35. The zero-order valence-electron chi connectivity index (χ0n) is 20.0. The van der Waals surface area contributed by atoms with E-state index in [2.05, 4.69) is 54.2 Å². The van der Waals surface area contributed by atoms with Crippen LogP contribution in [0.4, 0.5) is 5.82 Å². The number of rotatable bonds is 6. The largest absolute Gasteiger partial charge is 0.408 e. The SMILES string of the molecule is CC(C)(C)[Si](C)(C)OC1[C@@H](O)[C@@H](CO)O[C@H]1c1cnc2c(NC(=O)c3ccccc3)ncnn12. The first-order valence-electron chi connectivity index (χ1n) is 11.2. The van der Waals surface area contributed by atoms with Gasteiger partial charge in [0.1, 0.15) is 30.7 Å². The summed E-state index contributed by atoms with van der Waals surface area (Å²) in [6.45, 7) is 10.2. The van der Waals surface area contributed by atoms with E-state index in [1.807, 2.05) is 6.07 Å².